The van der Waals surface area contributed by atoms with Crippen LogP contribution in [0.2, 0.25) is 0 Å². The molecule has 1 saturated carbocycles. The molecular weight excluding hydrogens is 467 g/mol. The second-order valence-electron chi connectivity index (χ2n) is 9.88. The number of hydrogen-bond acceptors (Lipinski definition) is 3. The first-order chi connectivity index (χ1) is 17.9. The highest BCUT2D eigenvalue weighted by atomic mass is 19.1. The fourth-order valence-corrected chi connectivity index (χ4v) is 4.95. The summed E-state index contributed by atoms with van der Waals surface area (Å²) in [4.78, 5) is 11.1. The van der Waals surface area contributed by atoms with Crippen molar-refractivity contribution >= 4 is 12.0 Å². The van der Waals surface area contributed by atoms with Crippen molar-refractivity contribution in [3.63, 3.8) is 0 Å². The molecule has 1 N–H and O–H groups in total. The van der Waals surface area contributed by atoms with Crippen molar-refractivity contribution in [3.05, 3.63) is 89.2 Å². The summed E-state index contributed by atoms with van der Waals surface area (Å²) in [6.45, 7) is 2.25. The van der Waals surface area contributed by atoms with Crippen molar-refractivity contribution < 1.29 is 23.8 Å². The molecule has 5 heteroatoms. The van der Waals surface area contributed by atoms with E-state index in [2.05, 4.69) is 18.2 Å². The number of carboxylic acids is 1. The van der Waals surface area contributed by atoms with Crippen LogP contribution >= 0.6 is 0 Å². The molecule has 1 fully saturated rings. The lowest BCUT2D eigenvalue weighted by atomic mass is 9.88. The van der Waals surface area contributed by atoms with E-state index in [1.165, 1.54) is 38.2 Å². The summed E-state index contributed by atoms with van der Waals surface area (Å²) in [6, 6.07) is 18.4. The second kappa shape index (κ2) is 12.6. The Bertz CT molecular complexity index is 1240. The Hall–Kier alpha value is -3.60. The van der Waals surface area contributed by atoms with Gasteiger partial charge < -0.3 is 14.6 Å². The van der Waals surface area contributed by atoms with Gasteiger partial charge in [-0.2, -0.15) is 0 Å². The first-order valence-corrected chi connectivity index (χ1v) is 13.0. The van der Waals surface area contributed by atoms with Crippen LogP contribution in [0, 0.1) is 11.7 Å². The number of methoxy groups -OCH3 is 1. The van der Waals surface area contributed by atoms with Crippen molar-refractivity contribution in [1.29, 1.82) is 0 Å². The molecule has 0 spiro atoms. The SMILES string of the molecule is COc1ccc(F)c(-c2ccc(COc3cccc([C@@H](C)CC(=O)O)c3)cc2/C=C/C2CCCCC2)c1. The van der Waals surface area contributed by atoms with Gasteiger partial charge in [-0.05, 0) is 83.3 Å². The molecule has 0 aliphatic heterocycles. The Balaban J connectivity index is 1.59. The maximum Gasteiger partial charge on any atom is 0.303 e. The number of rotatable bonds is 10. The molecule has 4 rings (SSSR count). The van der Waals surface area contributed by atoms with Crippen LogP contribution in [0.1, 0.15) is 68.1 Å². The van der Waals surface area contributed by atoms with E-state index >= 15 is 0 Å². The highest BCUT2D eigenvalue weighted by Crippen LogP contribution is 2.33. The van der Waals surface area contributed by atoms with E-state index in [-0.39, 0.29) is 18.2 Å². The van der Waals surface area contributed by atoms with Crippen LogP contribution in [0.25, 0.3) is 17.2 Å². The highest BCUT2D eigenvalue weighted by Gasteiger charge is 2.14. The van der Waals surface area contributed by atoms with Crippen LogP contribution in [-0.4, -0.2) is 18.2 Å². The Morgan fingerprint density at radius 2 is 1.84 bits per heavy atom. The van der Waals surface area contributed by atoms with Crippen molar-refractivity contribution in [1.82, 2.24) is 0 Å². The topological polar surface area (TPSA) is 55.8 Å². The fourth-order valence-electron chi connectivity index (χ4n) is 4.95. The van der Waals surface area contributed by atoms with Crippen LogP contribution in [-0.2, 0) is 11.4 Å². The van der Waals surface area contributed by atoms with Crippen molar-refractivity contribution in [3.8, 4) is 22.6 Å². The van der Waals surface area contributed by atoms with Gasteiger partial charge in [0.15, 0.2) is 0 Å². The number of hydrogen-bond donors (Lipinski definition) is 1. The zero-order chi connectivity index (χ0) is 26.2. The molecule has 0 heterocycles. The molecule has 0 saturated heterocycles. The summed E-state index contributed by atoms with van der Waals surface area (Å²) < 4.78 is 26.3. The van der Waals surface area contributed by atoms with Gasteiger partial charge in [-0.1, -0.05) is 62.6 Å². The van der Waals surface area contributed by atoms with Gasteiger partial charge in [-0.25, -0.2) is 4.39 Å². The number of aliphatic carboxylic acids is 1. The number of carbonyl (C=O) groups is 1. The first kappa shape index (κ1) is 26.5. The summed E-state index contributed by atoms with van der Waals surface area (Å²) in [7, 11) is 1.58. The zero-order valence-corrected chi connectivity index (χ0v) is 21.6. The lowest BCUT2D eigenvalue weighted by Crippen LogP contribution is -2.03. The average molecular weight is 503 g/mol. The molecule has 1 aliphatic carbocycles. The highest BCUT2D eigenvalue weighted by molar-refractivity contribution is 5.77. The summed E-state index contributed by atoms with van der Waals surface area (Å²) >= 11 is 0. The molecule has 0 bridgehead atoms. The molecule has 0 unspecified atom stereocenters. The first-order valence-electron chi connectivity index (χ1n) is 13.0. The Morgan fingerprint density at radius 3 is 2.59 bits per heavy atom. The third-order valence-corrected chi connectivity index (χ3v) is 7.09. The van der Waals surface area contributed by atoms with Crippen LogP contribution < -0.4 is 9.47 Å². The predicted molar refractivity (Wildman–Crippen MR) is 145 cm³/mol. The summed E-state index contributed by atoms with van der Waals surface area (Å²) in [5.74, 6) is 0.645. The minimum Gasteiger partial charge on any atom is -0.497 e. The van der Waals surface area contributed by atoms with E-state index in [0.29, 0.717) is 29.6 Å². The van der Waals surface area contributed by atoms with E-state index in [1.54, 1.807) is 19.2 Å². The Labute approximate surface area is 218 Å². The van der Waals surface area contributed by atoms with Crippen LogP contribution in [0.4, 0.5) is 4.39 Å². The Morgan fingerprint density at radius 1 is 1.03 bits per heavy atom. The molecule has 3 aromatic carbocycles. The number of allylic oxidation sites excluding steroid dienone is 1. The van der Waals surface area contributed by atoms with Gasteiger partial charge in [0.1, 0.15) is 23.9 Å². The number of halogens is 1. The predicted octanol–water partition coefficient (Wildman–Crippen LogP) is 8.25. The molecule has 0 aromatic heterocycles. The zero-order valence-electron chi connectivity index (χ0n) is 21.6. The van der Waals surface area contributed by atoms with Crippen LogP contribution in [0.15, 0.2) is 66.7 Å². The quantitative estimate of drug-likeness (QED) is 0.303. The van der Waals surface area contributed by atoms with Gasteiger partial charge >= 0.3 is 5.97 Å². The van der Waals surface area contributed by atoms with E-state index in [9.17, 15) is 9.18 Å². The standard InChI is InChI=1S/C32H35FO4/c1-22(17-32(34)35)25-9-6-10-28(19-25)37-21-24-12-15-29(30-20-27(36-2)14-16-31(30)33)26(18-24)13-11-23-7-4-3-5-8-23/h6,9-16,18-20,22-23H,3-5,7-8,17,21H2,1-2H3,(H,34,35)/b13-11+/t22-/m0/s1. The lowest BCUT2D eigenvalue weighted by Gasteiger charge is -2.18. The largest absolute Gasteiger partial charge is 0.497 e. The smallest absolute Gasteiger partial charge is 0.303 e. The van der Waals surface area contributed by atoms with E-state index in [0.717, 1.165) is 22.3 Å². The molecule has 194 valence electrons. The molecule has 1 aliphatic rings. The third kappa shape index (κ3) is 7.22. The maximum absolute atomic E-state index is 14.9. The number of benzene rings is 3. The minimum absolute atomic E-state index is 0.0719. The van der Waals surface area contributed by atoms with E-state index in [4.69, 9.17) is 14.6 Å². The molecule has 3 aromatic rings. The van der Waals surface area contributed by atoms with Gasteiger partial charge in [-0.3, -0.25) is 4.79 Å². The lowest BCUT2D eigenvalue weighted by molar-refractivity contribution is -0.137. The third-order valence-electron chi connectivity index (χ3n) is 7.09. The van der Waals surface area contributed by atoms with Crippen molar-refractivity contribution in [2.75, 3.05) is 7.11 Å². The van der Waals surface area contributed by atoms with Crippen LogP contribution in [0.5, 0.6) is 11.5 Å². The van der Waals surface area contributed by atoms with E-state index in [1.807, 2.05) is 43.3 Å². The Kier molecular flexibility index (Phi) is 8.99. The molecule has 0 radical (unpaired) electrons. The van der Waals surface area contributed by atoms with Crippen molar-refractivity contribution in [2.45, 2.75) is 58.0 Å². The second-order valence-corrected chi connectivity index (χ2v) is 9.88. The fraction of sp³-hybridized carbons (Fsp3) is 0.344. The van der Waals surface area contributed by atoms with Crippen LogP contribution in [0.3, 0.4) is 0 Å². The summed E-state index contributed by atoms with van der Waals surface area (Å²) in [5, 5.41) is 9.10. The molecule has 0 amide bonds. The van der Waals surface area contributed by atoms with Crippen molar-refractivity contribution in [2.24, 2.45) is 5.92 Å². The normalized spacial score (nSPS) is 15.0. The minimum atomic E-state index is -0.819. The van der Waals surface area contributed by atoms with Gasteiger partial charge in [-0.15, -0.1) is 0 Å². The van der Waals surface area contributed by atoms with Gasteiger partial charge in [0.05, 0.1) is 13.5 Å². The molecule has 37 heavy (non-hydrogen) atoms. The molecular formula is C32H35FO4. The average Bonchev–Trinajstić information content (AvgIpc) is 2.91. The summed E-state index contributed by atoms with van der Waals surface area (Å²) in [5.41, 5.74) is 4.17. The monoisotopic (exact) mass is 502 g/mol. The number of carboxylic acid groups (broad SMARTS) is 1. The van der Waals surface area contributed by atoms with Gasteiger partial charge in [0.25, 0.3) is 0 Å². The van der Waals surface area contributed by atoms with Gasteiger partial charge in [0.2, 0.25) is 0 Å². The maximum atomic E-state index is 14.9. The number of ether oxygens (including phenoxy) is 2. The van der Waals surface area contributed by atoms with Gasteiger partial charge in [0, 0.05) is 5.56 Å². The van der Waals surface area contributed by atoms with E-state index < -0.39 is 5.97 Å². The molecule has 1 atom stereocenters. The summed E-state index contributed by atoms with van der Waals surface area (Å²) in [6.07, 6.45) is 10.7. The molecule has 4 nitrogen and oxygen atoms in total.